The first-order valence-corrected chi connectivity index (χ1v) is 7.16. The van der Waals surface area contributed by atoms with Crippen molar-refractivity contribution in [3.05, 3.63) is 0 Å². The van der Waals surface area contributed by atoms with Gasteiger partial charge in [-0.25, -0.2) is 4.79 Å². The molecule has 0 aromatic carbocycles. The number of carbonyl (C=O) groups is 1. The summed E-state index contributed by atoms with van der Waals surface area (Å²) in [6, 6.07) is 0.490. The first-order chi connectivity index (χ1) is 8.74. The highest BCUT2D eigenvalue weighted by Crippen LogP contribution is 2.17. The molecule has 0 saturated carbocycles. The van der Waals surface area contributed by atoms with Crippen molar-refractivity contribution in [2.24, 2.45) is 5.92 Å². The van der Waals surface area contributed by atoms with Gasteiger partial charge in [0.05, 0.1) is 5.60 Å². The van der Waals surface area contributed by atoms with Crippen LogP contribution in [0.25, 0.3) is 0 Å². The Hall–Kier alpha value is -0.810. The molecule has 2 N–H and O–H groups in total. The summed E-state index contributed by atoms with van der Waals surface area (Å²) < 4.78 is 0. The maximum atomic E-state index is 11.8. The molecule has 0 aromatic heterocycles. The van der Waals surface area contributed by atoms with Crippen molar-refractivity contribution in [1.29, 1.82) is 0 Å². The van der Waals surface area contributed by atoms with Gasteiger partial charge in [-0.3, -0.25) is 0 Å². The topological polar surface area (TPSA) is 55.8 Å². The largest absolute Gasteiger partial charge is 0.389 e. The van der Waals surface area contributed by atoms with E-state index in [4.69, 9.17) is 0 Å². The molecule has 5 heteroatoms. The van der Waals surface area contributed by atoms with Crippen LogP contribution in [-0.4, -0.2) is 66.3 Å². The van der Waals surface area contributed by atoms with Crippen molar-refractivity contribution in [3.8, 4) is 0 Å². The Morgan fingerprint density at radius 3 is 2.37 bits per heavy atom. The lowest BCUT2D eigenvalue weighted by molar-refractivity contribution is 0.00993. The van der Waals surface area contributed by atoms with E-state index in [1.165, 1.54) is 0 Å². The van der Waals surface area contributed by atoms with Crippen molar-refractivity contribution < 1.29 is 9.90 Å². The third-order valence-corrected chi connectivity index (χ3v) is 4.14. The summed E-state index contributed by atoms with van der Waals surface area (Å²) in [5.74, 6) is 0.232. The Bertz CT molecular complexity index is 295. The van der Waals surface area contributed by atoms with E-state index < -0.39 is 5.60 Å². The molecule has 112 valence electrons. The molecule has 1 atom stereocenters. The maximum absolute atomic E-state index is 11.8. The molecule has 19 heavy (non-hydrogen) atoms. The fraction of sp³-hybridized carbons (Fsp3) is 0.929. The number of rotatable bonds is 4. The highest BCUT2D eigenvalue weighted by Gasteiger charge is 2.28. The zero-order valence-corrected chi connectivity index (χ0v) is 12.9. The molecule has 1 aliphatic heterocycles. The van der Waals surface area contributed by atoms with Gasteiger partial charge in [-0.2, -0.15) is 0 Å². The minimum absolute atomic E-state index is 0.0904. The fourth-order valence-corrected chi connectivity index (χ4v) is 2.11. The molecular formula is C14H29N3O2. The van der Waals surface area contributed by atoms with Crippen LogP contribution in [-0.2, 0) is 0 Å². The second-order valence-electron chi connectivity index (χ2n) is 6.33. The lowest BCUT2D eigenvalue weighted by atomic mass is 9.92. The Labute approximate surface area is 117 Å². The Morgan fingerprint density at radius 2 is 1.95 bits per heavy atom. The molecule has 0 spiro atoms. The van der Waals surface area contributed by atoms with Crippen molar-refractivity contribution in [3.63, 3.8) is 0 Å². The van der Waals surface area contributed by atoms with E-state index in [1.807, 2.05) is 25.7 Å². The third-order valence-electron chi connectivity index (χ3n) is 4.14. The van der Waals surface area contributed by atoms with E-state index in [0.29, 0.717) is 12.6 Å². The van der Waals surface area contributed by atoms with Gasteiger partial charge in [0, 0.05) is 39.8 Å². The van der Waals surface area contributed by atoms with Crippen LogP contribution < -0.4 is 5.32 Å². The molecule has 0 aliphatic carbocycles. The lowest BCUT2D eigenvalue weighted by Gasteiger charge is -2.36. The Morgan fingerprint density at radius 1 is 1.42 bits per heavy atom. The Balaban J connectivity index is 2.33. The predicted octanol–water partition coefficient (Wildman–Crippen LogP) is 1.13. The van der Waals surface area contributed by atoms with Crippen molar-refractivity contribution >= 4 is 6.03 Å². The zero-order valence-electron chi connectivity index (χ0n) is 12.9. The summed E-state index contributed by atoms with van der Waals surface area (Å²) in [7, 11) is 3.57. The van der Waals surface area contributed by atoms with Gasteiger partial charge < -0.3 is 20.2 Å². The monoisotopic (exact) mass is 271 g/mol. The molecule has 2 amide bonds. The number of amides is 2. The number of nitrogens with zero attached hydrogens (tertiary/aromatic N) is 2. The summed E-state index contributed by atoms with van der Waals surface area (Å²) in [5, 5.41) is 13.6. The van der Waals surface area contributed by atoms with Gasteiger partial charge >= 0.3 is 6.03 Å². The number of nitrogens with one attached hydrogen (secondary N) is 1. The minimum atomic E-state index is -0.670. The quantitative estimate of drug-likeness (QED) is 0.806. The highest BCUT2D eigenvalue weighted by molar-refractivity contribution is 5.73. The van der Waals surface area contributed by atoms with E-state index in [9.17, 15) is 9.90 Å². The van der Waals surface area contributed by atoms with Gasteiger partial charge in [0.1, 0.15) is 0 Å². The summed E-state index contributed by atoms with van der Waals surface area (Å²) in [5.41, 5.74) is -0.670. The maximum Gasteiger partial charge on any atom is 0.319 e. The van der Waals surface area contributed by atoms with Gasteiger partial charge in [0.25, 0.3) is 0 Å². The summed E-state index contributed by atoms with van der Waals surface area (Å²) in [4.78, 5) is 15.3. The molecule has 1 unspecified atom stereocenters. The molecule has 0 radical (unpaired) electrons. The van der Waals surface area contributed by atoms with Crippen LogP contribution in [0.1, 0.15) is 33.6 Å². The van der Waals surface area contributed by atoms with E-state index in [-0.39, 0.29) is 11.9 Å². The number of hydrogen-bond donors (Lipinski definition) is 2. The standard InChI is InChI=1S/C14H29N3O2/c1-11(2)14(3,19)10-15-12-6-8-17(9-7-12)13(18)16(4)5/h11-12,15,19H,6-10H2,1-5H3. The zero-order chi connectivity index (χ0) is 14.6. The molecule has 1 saturated heterocycles. The average molecular weight is 271 g/mol. The fourth-order valence-electron chi connectivity index (χ4n) is 2.11. The first-order valence-electron chi connectivity index (χ1n) is 7.16. The number of likely N-dealkylation sites (tertiary alicyclic amines) is 1. The van der Waals surface area contributed by atoms with Crippen molar-refractivity contribution in [1.82, 2.24) is 15.1 Å². The molecule has 0 bridgehead atoms. The van der Waals surface area contributed by atoms with E-state index in [0.717, 1.165) is 25.9 Å². The second-order valence-corrected chi connectivity index (χ2v) is 6.33. The number of aliphatic hydroxyl groups is 1. The van der Waals surface area contributed by atoms with E-state index in [1.54, 1.807) is 19.0 Å². The number of carbonyl (C=O) groups excluding carboxylic acids is 1. The molecular weight excluding hydrogens is 242 g/mol. The number of urea groups is 1. The van der Waals surface area contributed by atoms with Crippen LogP contribution in [0.4, 0.5) is 4.79 Å². The molecule has 1 fully saturated rings. The molecule has 0 aromatic rings. The van der Waals surface area contributed by atoms with Crippen molar-refractivity contribution in [2.45, 2.75) is 45.3 Å². The van der Waals surface area contributed by atoms with Crippen LogP contribution in [0.5, 0.6) is 0 Å². The number of piperidine rings is 1. The molecule has 1 rings (SSSR count). The second kappa shape index (κ2) is 6.57. The SMILES string of the molecule is CC(C)C(C)(O)CNC1CCN(C(=O)N(C)C)CC1. The Kier molecular flexibility index (Phi) is 5.62. The number of hydrogen-bond acceptors (Lipinski definition) is 3. The van der Waals surface area contributed by atoms with Gasteiger partial charge in [0.2, 0.25) is 0 Å². The summed E-state index contributed by atoms with van der Waals surface area (Å²) in [6.07, 6.45) is 1.90. The van der Waals surface area contributed by atoms with E-state index >= 15 is 0 Å². The van der Waals surface area contributed by atoms with Gasteiger partial charge in [0.15, 0.2) is 0 Å². The highest BCUT2D eigenvalue weighted by atomic mass is 16.3. The third kappa shape index (κ3) is 4.66. The van der Waals surface area contributed by atoms with Crippen LogP contribution in [0.15, 0.2) is 0 Å². The molecule has 1 aliphatic rings. The predicted molar refractivity (Wildman–Crippen MR) is 77.1 cm³/mol. The van der Waals surface area contributed by atoms with Gasteiger partial charge in [-0.1, -0.05) is 13.8 Å². The van der Waals surface area contributed by atoms with Crippen molar-refractivity contribution in [2.75, 3.05) is 33.7 Å². The first kappa shape index (κ1) is 16.2. The normalized spacial score (nSPS) is 20.5. The summed E-state index contributed by atoms with van der Waals surface area (Å²) >= 11 is 0. The minimum Gasteiger partial charge on any atom is -0.389 e. The van der Waals surface area contributed by atoms with Crippen LogP contribution in [0.2, 0.25) is 0 Å². The average Bonchev–Trinajstić information content (AvgIpc) is 2.36. The van der Waals surface area contributed by atoms with E-state index in [2.05, 4.69) is 5.32 Å². The van der Waals surface area contributed by atoms with Crippen LogP contribution in [0.3, 0.4) is 0 Å². The molecule has 5 nitrogen and oxygen atoms in total. The lowest BCUT2D eigenvalue weighted by Crippen LogP contribution is -2.51. The smallest absolute Gasteiger partial charge is 0.319 e. The van der Waals surface area contributed by atoms with Gasteiger partial charge in [-0.15, -0.1) is 0 Å². The van der Waals surface area contributed by atoms with Crippen LogP contribution in [0, 0.1) is 5.92 Å². The van der Waals surface area contributed by atoms with Gasteiger partial charge in [-0.05, 0) is 25.7 Å². The molecule has 1 heterocycles. The summed E-state index contributed by atoms with van der Waals surface area (Å²) in [6.45, 7) is 8.11. The van der Waals surface area contributed by atoms with Crippen LogP contribution >= 0.6 is 0 Å².